The zero-order valence-corrected chi connectivity index (χ0v) is 24.3. The number of nitrogens with zero attached hydrogens (tertiary/aromatic N) is 5. The van der Waals surface area contributed by atoms with Crippen molar-refractivity contribution in [1.29, 1.82) is 0 Å². The number of amides is 1. The van der Waals surface area contributed by atoms with E-state index in [9.17, 15) is 14.7 Å². The number of hydrogen-bond donors (Lipinski definition) is 2. The highest BCUT2D eigenvalue weighted by Crippen LogP contribution is 2.36. The molecule has 1 atom stereocenters. The number of nitrogens with one attached hydrogen (secondary N) is 1. The Labute approximate surface area is 233 Å². The Kier molecular flexibility index (Phi) is 8.52. The molecule has 40 heavy (non-hydrogen) atoms. The number of hydrogen-bond acceptors (Lipinski definition) is 9. The van der Waals surface area contributed by atoms with Crippen LogP contribution in [-0.2, 0) is 14.2 Å². The van der Waals surface area contributed by atoms with E-state index < -0.39 is 18.0 Å². The molecule has 0 aliphatic heterocycles. The molecule has 3 aromatic heterocycles. The van der Waals surface area contributed by atoms with Crippen molar-refractivity contribution in [1.82, 2.24) is 19.2 Å². The third-order valence-corrected chi connectivity index (χ3v) is 7.22. The fourth-order valence-electron chi connectivity index (χ4n) is 4.84. The lowest BCUT2D eigenvalue weighted by Gasteiger charge is -2.36. The zero-order valence-electron chi connectivity index (χ0n) is 24.3. The summed E-state index contributed by atoms with van der Waals surface area (Å²) >= 11 is 0. The lowest BCUT2D eigenvalue weighted by Crippen LogP contribution is -2.36. The average molecular weight is 557 g/mol. The summed E-state index contributed by atoms with van der Waals surface area (Å²) in [6, 6.07) is 5.17. The number of anilines is 3. The molecule has 2 N–H and O–H groups in total. The molecule has 1 aliphatic carbocycles. The van der Waals surface area contributed by atoms with Crippen LogP contribution in [0.1, 0.15) is 78.2 Å². The number of aromatic nitrogens is 4. The summed E-state index contributed by atoms with van der Waals surface area (Å²) in [6.07, 6.45) is 4.75. The molecule has 3 heterocycles. The quantitative estimate of drug-likeness (QED) is 0.383. The molecule has 0 radical (unpaired) electrons. The minimum atomic E-state index is -1.28. The second kappa shape index (κ2) is 11.6. The molecule has 218 valence electrons. The third kappa shape index (κ3) is 6.29. The minimum Gasteiger partial charge on any atom is -0.443 e. The van der Waals surface area contributed by atoms with Gasteiger partial charge in [0.25, 0.3) is 5.56 Å². The highest BCUT2D eigenvalue weighted by molar-refractivity contribution is 5.87. The minimum absolute atomic E-state index is 0.0598. The number of pyridine rings is 1. The molecule has 1 fully saturated rings. The Balaban J connectivity index is 1.72. The predicted molar refractivity (Wildman–Crippen MR) is 151 cm³/mol. The van der Waals surface area contributed by atoms with E-state index in [-0.39, 0.29) is 35.3 Å². The Hall–Kier alpha value is -3.48. The van der Waals surface area contributed by atoms with Crippen LogP contribution < -0.4 is 15.8 Å². The molecular formula is C28H40N6O6. The van der Waals surface area contributed by atoms with Gasteiger partial charge in [-0.25, -0.2) is 9.78 Å². The number of aliphatic hydroxyl groups is 1. The fraction of sp³-hybridized carbons (Fsp3) is 0.571. The lowest BCUT2D eigenvalue weighted by molar-refractivity contribution is -0.0971. The van der Waals surface area contributed by atoms with Crippen LogP contribution in [0.15, 0.2) is 35.4 Å². The smallest absolute Gasteiger partial charge is 0.415 e. The van der Waals surface area contributed by atoms with E-state index in [0.717, 1.165) is 25.7 Å². The summed E-state index contributed by atoms with van der Waals surface area (Å²) in [5.41, 5.74) is -0.150. The first kappa shape index (κ1) is 29.5. The number of methoxy groups -OCH3 is 1. The van der Waals surface area contributed by atoms with Gasteiger partial charge in [-0.1, -0.05) is 0 Å². The SMILES string of the molecule is CCOC(O)c1cnn2c(N(C)C(=O)OC(C)(C)C)cc(Nc3cccn(C4CCC(C)(OC)CC4)c3=O)nc12. The molecule has 0 saturated heterocycles. The van der Waals surface area contributed by atoms with Crippen LogP contribution in [0.25, 0.3) is 5.65 Å². The topological polar surface area (TPSA) is 132 Å². The van der Waals surface area contributed by atoms with Gasteiger partial charge in [-0.15, -0.1) is 0 Å². The van der Waals surface area contributed by atoms with Gasteiger partial charge in [0.2, 0.25) is 0 Å². The second-order valence-corrected chi connectivity index (χ2v) is 11.3. The summed E-state index contributed by atoms with van der Waals surface area (Å²) in [5.74, 6) is 0.605. The molecule has 12 nitrogen and oxygen atoms in total. The number of fused-ring (bicyclic) bond motifs is 1. The molecule has 1 amide bonds. The van der Waals surface area contributed by atoms with Gasteiger partial charge in [-0.3, -0.25) is 9.69 Å². The van der Waals surface area contributed by atoms with Crippen molar-refractivity contribution in [3.05, 3.63) is 46.5 Å². The molecule has 0 spiro atoms. The summed E-state index contributed by atoms with van der Waals surface area (Å²) < 4.78 is 19.8. The summed E-state index contributed by atoms with van der Waals surface area (Å²) in [4.78, 5) is 32.4. The van der Waals surface area contributed by atoms with E-state index >= 15 is 0 Å². The van der Waals surface area contributed by atoms with Crippen molar-refractivity contribution in [3.8, 4) is 0 Å². The van der Waals surface area contributed by atoms with Crippen LogP contribution >= 0.6 is 0 Å². The first-order valence-electron chi connectivity index (χ1n) is 13.5. The largest absolute Gasteiger partial charge is 0.443 e. The Bertz CT molecular complexity index is 1400. The van der Waals surface area contributed by atoms with Crippen molar-refractivity contribution >= 4 is 29.1 Å². The van der Waals surface area contributed by atoms with Crippen molar-refractivity contribution in [3.63, 3.8) is 0 Å². The first-order valence-corrected chi connectivity index (χ1v) is 13.5. The van der Waals surface area contributed by atoms with Crippen LogP contribution in [0.3, 0.4) is 0 Å². The average Bonchev–Trinajstić information content (AvgIpc) is 3.33. The number of rotatable bonds is 8. The van der Waals surface area contributed by atoms with Crippen molar-refractivity contribution < 1.29 is 24.1 Å². The zero-order chi connectivity index (χ0) is 29.2. The standard InChI is InChI=1S/C28H40N6O6/c1-8-39-25(36)19-17-29-34-22(32(6)26(37)40-27(2,3)4)16-21(31-23(19)34)30-20-10-9-15-33(24(20)35)18-11-13-28(5,38-7)14-12-18/h9-10,15-18,25,36H,8,11-14H2,1-7H3,(H,30,31). The maximum absolute atomic E-state index is 13.5. The van der Waals surface area contributed by atoms with Gasteiger partial charge in [0, 0.05) is 39.1 Å². The van der Waals surface area contributed by atoms with E-state index in [1.165, 1.54) is 15.6 Å². The number of carbonyl (C=O) groups is 1. The van der Waals surface area contributed by atoms with Crippen LogP contribution in [0.5, 0.6) is 0 Å². The molecule has 1 aliphatic rings. The molecule has 0 aromatic carbocycles. The number of ether oxygens (including phenoxy) is 3. The van der Waals surface area contributed by atoms with E-state index in [4.69, 9.17) is 14.2 Å². The molecule has 1 unspecified atom stereocenters. The maximum atomic E-state index is 13.5. The van der Waals surface area contributed by atoms with E-state index in [2.05, 4.69) is 22.3 Å². The molecular weight excluding hydrogens is 516 g/mol. The van der Waals surface area contributed by atoms with Crippen molar-refractivity contribution in [2.75, 3.05) is 31.0 Å². The lowest BCUT2D eigenvalue weighted by atomic mass is 9.83. The highest BCUT2D eigenvalue weighted by atomic mass is 16.6. The Morgan fingerprint density at radius 3 is 2.65 bits per heavy atom. The molecule has 1 saturated carbocycles. The van der Waals surface area contributed by atoms with E-state index in [1.54, 1.807) is 64.7 Å². The van der Waals surface area contributed by atoms with Gasteiger partial charge < -0.3 is 29.2 Å². The van der Waals surface area contributed by atoms with Crippen LogP contribution in [-0.4, -0.2) is 62.3 Å². The van der Waals surface area contributed by atoms with E-state index in [1.807, 2.05) is 6.07 Å². The highest BCUT2D eigenvalue weighted by Gasteiger charge is 2.32. The van der Waals surface area contributed by atoms with Crippen LogP contribution in [0.2, 0.25) is 0 Å². The predicted octanol–water partition coefficient (Wildman–Crippen LogP) is 4.55. The first-order chi connectivity index (χ1) is 18.9. The van der Waals surface area contributed by atoms with Gasteiger partial charge in [-0.05, 0) is 72.4 Å². The van der Waals surface area contributed by atoms with Crippen LogP contribution in [0.4, 0.5) is 22.1 Å². The van der Waals surface area contributed by atoms with Crippen molar-refractivity contribution in [2.24, 2.45) is 0 Å². The van der Waals surface area contributed by atoms with Crippen molar-refractivity contribution in [2.45, 2.75) is 83.8 Å². The third-order valence-electron chi connectivity index (χ3n) is 7.22. The van der Waals surface area contributed by atoms with Gasteiger partial charge in [0.05, 0.1) is 17.4 Å². The van der Waals surface area contributed by atoms with Gasteiger partial charge in [0.15, 0.2) is 11.9 Å². The molecule has 12 heteroatoms. The maximum Gasteiger partial charge on any atom is 0.415 e. The van der Waals surface area contributed by atoms with Gasteiger partial charge in [0.1, 0.15) is 22.9 Å². The summed E-state index contributed by atoms with van der Waals surface area (Å²) in [6.45, 7) is 9.47. The number of carbonyl (C=O) groups excluding carboxylic acids is 1. The van der Waals surface area contributed by atoms with E-state index in [0.29, 0.717) is 17.1 Å². The Morgan fingerprint density at radius 2 is 2.02 bits per heavy atom. The second-order valence-electron chi connectivity index (χ2n) is 11.3. The van der Waals surface area contributed by atoms with Gasteiger partial charge in [-0.2, -0.15) is 9.61 Å². The normalized spacial score (nSPS) is 20.4. The van der Waals surface area contributed by atoms with Crippen LogP contribution in [0, 0.1) is 0 Å². The monoisotopic (exact) mass is 556 g/mol. The summed E-state index contributed by atoms with van der Waals surface area (Å²) in [5, 5.41) is 18.0. The summed E-state index contributed by atoms with van der Waals surface area (Å²) in [7, 11) is 3.29. The molecule has 0 bridgehead atoms. The fourth-order valence-corrected chi connectivity index (χ4v) is 4.84. The molecule has 4 rings (SSSR count). The van der Waals surface area contributed by atoms with Gasteiger partial charge >= 0.3 is 6.09 Å². The Morgan fingerprint density at radius 1 is 1.32 bits per heavy atom. The molecule has 3 aromatic rings. The number of aliphatic hydroxyl groups excluding tert-OH is 1.